The lowest BCUT2D eigenvalue weighted by Gasteiger charge is -2.13. The van der Waals surface area contributed by atoms with Gasteiger partial charge in [0.15, 0.2) is 6.61 Å². The lowest BCUT2D eigenvalue weighted by molar-refractivity contribution is -0.274. The molecule has 0 spiro atoms. The second-order valence-corrected chi connectivity index (χ2v) is 8.56. The monoisotopic (exact) mass is 538 g/mol. The number of carboxylic acid groups (broad SMARTS) is 1. The zero-order valence-corrected chi connectivity index (χ0v) is 19.4. The van der Waals surface area contributed by atoms with Gasteiger partial charge in [0.2, 0.25) is 0 Å². The Hall–Kier alpha value is -2.91. The van der Waals surface area contributed by atoms with Gasteiger partial charge >= 0.3 is 12.3 Å². The van der Waals surface area contributed by atoms with Crippen LogP contribution in [-0.2, 0) is 4.79 Å². The van der Waals surface area contributed by atoms with Crippen molar-refractivity contribution in [3.8, 4) is 11.5 Å². The minimum atomic E-state index is -4.77. The van der Waals surface area contributed by atoms with Gasteiger partial charge in [-0.05, 0) is 63.0 Å². The summed E-state index contributed by atoms with van der Waals surface area (Å²) < 4.78 is 48.0. The molecule has 0 aliphatic heterocycles. The predicted molar refractivity (Wildman–Crippen MR) is 125 cm³/mol. The highest BCUT2D eigenvalue weighted by atomic mass is 79.9. The normalized spacial score (nSPS) is 11.8. The molecule has 0 aliphatic carbocycles. The van der Waals surface area contributed by atoms with Crippen LogP contribution in [0, 0.1) is 0 Å². The molecule has 0 heterocycles. The lowest BCUT2D eigenvalue weighted by Crippen LogP contribution is -2.17. The van der Waals surface area contributed by atoms with Crippen LogP contribution in [0.15, 0.2) is 88.2 Å². The molecular formula is C24H18BrF3O4S. The first-order chi connectivity index (χ1) is 15.7. The number of ether oxygens (including phenoxy) is 2. The molecule has 3 aromatic carbocycles. The van der Waals surface area contributed by atoms with Gasteiger partial charge in [-0.1, -0.05) is 48.5 Å². The number of alkyl halides is 3. The smallest absolute Gasteiger partial charge is 0.482 e. The molecule has 0 unspecified atom stereocenters. The van der Waals surface area contributed by atoms with Crippen LogP contribution in [0.2, 0.25) is 0 Å². The van der Waals surface area contributed by atoms with Crippen molar-refractivity contribution in [2.24, 2.45) is 0 Å². The maximum absolute atomic E-state index is 12.7. The molecule has 0 bridgehead atoms. The number of rotatable bonds is 9. The number of carbonyl (C=O) groups is 1. The third kappa shape index (κ3) is 7.87. The summed E-state index contributed by atoms with van der Waals surface area (Å²) >= 11 is 4.96. The molecule has 9 heteroatoms. The van der Waals surface area contributed by atoms with Gasteiger partial charge in [0.25, 0.3) is 0 Å². The van der Waals surface area contributed by atoms with Crippen LogP contribution in [0.25, 0.3) is 5.57 Å². The Bertz CT molecular complexity index is 1130. The van der Waals surface area contributed by atoms with Crippen molar-refractivity contribution in [2.75, 3.05) is 12.4 Å². The predicted octanol–water partition coefficient (Wildman–Crippen LogP) is 7.04. The first-order valence-corrected chi connectivity index (χ1v) is 11.4. The molecule has 3 aromatic rings. The molecule has 4 nitrogen and oxygen atoms in total. The molecule has 172 valence electrons. The lowest BCUT2D eigenvalue weighted by atomic mass is 9.98. The number of benzene rings is 3. The van der Waals surface area contributed by atoms with Crippen LogP contribution in [0.4, 0.5) is 13.2 Å². The van der Waals surface area contributed by atoms with E-state index in [1.54, 1.807) is 24.3 Å². The average molecular weight is 539 g/mol. The van der Waals surface area contributed by atoms with Gasteiger partial charge in [-0.2, -0.15) is 0 Å². The first-order valence-electron chi connectivity index (χ1n) is 9.60. The van der Waals surface area contributed by atoms with Crippen LogP contribution >= 0.6 is 27.7 Å². The summed E-state index contributed by atoms with van der Waals surface area (Å²) in [5, 5.41) is 8.72. The van der Waals surface area contributed by atoms with Gasteiger partial charge in [0.05, 0.1) is 0 Å². The van der Waals surface area contributed by atoms with E-state index in [0.29, 0.717) is 17.1 Å². The van der Waals surface area contributed by atoms with Gasteiger partial charge in [-0.15, -0.1) is 24.9 Å². The Morgan fingerprint density at radius 1 is 0.970 bits per heavy atom. The fourth-order valence-corrected chi connectivity index (χ4v) is 4.42. The van der Waals surface area contributed by atoms with E-state index < -0.39 is 18.9 Å². The Morgan fingerprint density at radius 3 is 2.36 bits per heavy atom. The molecule has 33 heavy (non-hydrogen) atoms. The Kier molecular flexibility index (Phi) is 8.46. The fraction of sp³-hybridized carbons (Fsp3) is 0.125. The Balaban J connectivity index is 1.81. The summed E-state index contributed by atoms with van der Waals surface area (Å²) in [6.45, 7) is -0.431. The number of halogens is 4. The minimum Gasteiger partial charge on any atom is -0.482 e. The summed E-state index contributed by atoms with van der Waals surface area (Å²) in [5.74, 6) is -0.389. The number of hydrogen-bond acceptors (Lipinski definition) is 4. The third-order valence-electron chi connectivity index (χ3n) is 4.26. The molecular weight excluding hydrogens is 521 g/mol. The van der Waals surface area contributed by atoms with Gasteiger partial charge in [0.1, 0.15) is 11.5 Å². The van der Waals surface area contributed by atoms with E-state index in [0.717, 1.165) is 20.5 Å². The van der Waals surface area contributed by atoms with Crippen LogP contribution in [0.5, 0.6) is 11.5 Å². The molecule has 0 saturated carbocycles. The molecule has 0 aromatic heterocycles. The van der Waals surface area contributed by atoms with E-state index in [1.807, 2.05) is 36.4 Å². The Labute approximate surface area is 201 Å². The number of hydrogen-bond donors (Lipinski definition) is 1. The summed E-state index contributed by atoms with van der Waals surface area (Å²) in [5.41, 5.74) is 2.23. The molecule has 3 rings (SSSR count). The van der Waals surface area contributed by atoms with Crippen molar-refractivity contribution in [3.63, 3.8) is 0 Å². The number of aliphatic carboxylic acids is 1. The SMILES string of the molecule is O=C(O)COc1ccc(SCC=C(c2ccccc2)c2cccc(OC(F)(F)F)c2)c(Br)c1. The van der Waals surface area contributed by atoms with Crippen molar-refractivity contribution >= 4 is 39.2 Å². The van der Waals surface area contributed by atoms with E-state index in [-0.39, 0.29) is 5.75 Å². The molecule has 0 radical (unpaired) electrons. The van der Waals surface area contributed by atoms with Gasteiger partial charge < -0.3 is 14.6 Å². The second-order valence-electron chi connectivity index (χ2n) is 6.65. The summed E-state index contributed by atoms with van der Waals surface area (Å²) in [4.78, 5) is 11.5. The highest BCUT2D eigenvalue weighted by Crippen LogP contribution is 2.33. The highest BCUT2D eigenvalue weighted by molar-refractivity contribution is 9.10. The van der Waals surface area contributed by atoms with E-state index in [1.165, 1.54) is 30.0 Å². The van der Waals surface area contributed by atoms with Crippen LogP contribution in [0.1, 0.15) is 11.1 Å². The third-order valence-corrected chi connectivity index (χ3v) is 6.17. The number of carboxylic acids is 1. The summed E-state index contributed by atoms with van der Waals surface area (Å²) in [6, 6.07) is 20.4. The Morgan fingerprint density at radius 2 is 1.70 bits per heavy atom. The van der Waals surface area contributed by atoms with Crippen LogP contribution in [-0.4, -0.2) is 29.8 Å². The standard InChI is InChI=1S/C24H18BrF3O4S/c25-21-14-18(31-15-23(29)30)9-10-22(21)33-12-11-20(16-5-2-1-3-6-16)17-7-4-8-19(13-17)32-24(26,27)28/h1-11,13-14H,12,15H2,(H,29,30). The van der Waals surface area contributed by atoms with Crippen molar-refractivity contribution in [1.82, 2.24) is 0 Å². The van der Waals surface area contributed by atoms with Crippen molar-refractivity contribution in [1.29, 1.82) is 0 Å². The molecule has 0 aliphatic rings. The van der Waals surface area contributed by atoms with Crippen molar-refractivity contribution in [3.05, 3.63) is 94.5 Å². The molecule has 0 fully saturated rings. The van der Waals surface area contributed by atoms with E-state index >= 15 is 0 Å². The largest absolute Gasteiger partial charge is 0.573 e. The zero-order valence-electron chi connectivity index (χ0n) is 17.0. The van der Waals surface area contributed by atoms with Crippen LogP contribution < -0.4 is 9.47 Å². The highest BCUT2D eigenvalue weighted by Gasteiger charge is 2.31. The maximum atomic E-state index is 12.7. The molecule has 0 saturated heterocycles. The molecule has 1 N–H and O–H groups in total. The van der Waals surface area contributed by atoms with Crippen molar-refractivity contribution in [2.45, 2.75) is 11.3 Å². The second kappa shape index (κ2) is 11.3. The topological polar surface area (TPSA) is 55.8 Å². The quantitative estimate of drug-likeness (QED) is 0.296. The van der Waals surface area contributed by atoms with E-state index in [9.17, 15) is 18.0 Å². The van der Waals surface area contributed by atoms with Crippen molar-refractivity contribution < 1.29 is 32.5 Å². The van der Waals surface area contributed by atoms with Crippen LogP contribution in [0.3, 0.4) is 0 Å². The molecule has 0 atom stereocenters. The summed E-state index contributed by atoms with van der Waals surface area (Å²) in [6.07, 6.45) is -2.83. The maximum Gasteiger partial charge on any atom is 0.573 e. The van der Waals surface area contributed by atoms with Gasteiger partial charge in [-0.25, -0.2) is 4.79 Å². The van der Waals surface area contributed by atoms with Gasteiger partial charge in [0, 0.05) is 15.1 Å². The minimum absolute atomic E-state index is 0.283. The number of thioether (sulfide) groups is 1. The first kappa shape index (κ1) is 24.7. The average Bonchev–Trinajstić information content (AvgIpc) is 2.76. The molecule has 0 amide bonds. The van der Waals surface area contributed by atoms with E-state index in [2.05, 4.69) is 20.7 Å². The van der Waals surface area contributed by atoms with E-state index in [4.69, 9.17) is 9.84 Å². The zero-order chi connectivity index (χ0) is 23.8. The summed E-state index contributed by atoms with van der Waals surface area (Å²) in [7, 11) is 0. The van der Waals surface area contributed by atoms with Gasteiger partial charge in [-0.3, -0.25) is 0 Å². The fourth-order valence-electron chi connectivity index (χ4n) is 2.93.